The van der Waals surface area contributed by atoms with Crippen LogP contribution in [-0.4, -0.2) is 17.0 Å². The van der Waals surface area contributed by atoms with E-state index in [-0.39, 0.29) is 5.91 Å². The molecule has 0 atom stereocenters. The quantitative estimate of drug-likeness (QED) is 0.852. The molecule has 0 radical (unpaired) electrons. The van der Waals surface area contributed by atoms with Crippen LogP contribution in [0.1, 0.15) is 48.8 Å². The Balaban J connectivity index is 2.02. The molecule has 21 heavy (non-hydrogen) atoms. The fraction of sp³-hybridized carbons (Fsp3) is 0.357. The minimum atomic E-state index is -0.441. The summed E-state index contributed by atoms with van der Waals surface area (Å²) in [5.41, 5.74) is 6.70. The molecule has 0 fully saturated rings. The Morgan fingerprint density at radius 2 is 1.90 bits per heavy atom. The van der Waals surface area contributed by atoms with Gasteiger partial charge in [0.25, 0.3) is 11.8 Å². The van der Waals surface area contributed by atoms with E-state index in [9.17, 15) is 9.59 Å². The van der Waals surface area contributed by atoms with E-state index >= 15 is 0 Å². The van der Waals surface area contributed by atoms with Crippen molar-refractivity contribution in [3.8, 4) is 0 Å². The summed E-state index contributed by atoms with van der Waals surface area (Å²) in [5, 5.41) is 3.70. The van der Waals surface area contributed by atoms with Crippen molar-refractivity contribution >= 4 is 23.2 Å². The van der Waals surface area contributed by atoms with E-state index in [1.165, 1.54) is 11.3 Å². The van der Waals surface area contributed by atoms with Gasteiger partial charge < -0.3 is 4.52 Å². The van der Waals surface area contributed by atoms with Crippen LogP contribution in [0.5, 0.6) is 0 Å². The van der Waals surface area contributed by atoms with Crippen LogP contribution in [0.4, 0.5) is 0 Å². The van der Waals surface area contributed by atoms with Crippen molar-refractivity contribution in [2.45, 2.75) is 34.1 Å². The summed E-state index contributed by atoms with van der Waals surface area (Å²) in [7, 11) is 0. The number of aromatic nitrogens is 1. The zero-order valence-electron chi connectivity index (χ0n) is 12.4. The summed E-state index contributed by atoms with van der Waals surface area (Å²) in [6, 6.07) is 1.82. The maximum atomic E-state index is 12.0. The lowest BCUT2D eigenvalue weighted by Crippen LogP contribution is -2.41. The minimum Gasteiger partial charge on any atom is -0.361 e. The molecule has 2 heterocycles. The Bertz CT molecular complexity index is 668. The van der Waals surface area contributed by atoms with Gasteiger partial charge in [-0.25, -0.2) is 0 Å². The summed E-state index contributed by atoms with van der Waals surface area (Å²) in [4.78, 5) is 25.7. The highest BCUT2D eigenvalue weighted by molar-refractivity contribution is 7.14. The van der Waals surface area contributed by atoms with Crippen LogP contribution >= 0.6 is 11.3 Å². The fourth-order valence-electron chi connectivity index (χ4n) is 2.03. The number of nitrogens with zero attached hydrogens (tertiary/aromatic N) is 1. The van der Waals surface area contributed by atoms with Gasteiger partial charge in [-0.3, -0.25) is 20.4 Å². The van der Waals surface area contributed by atoms with Crippen molar-refractivity contribution in [1.29, 1.82) is 0 Å². The second-order valence-electron chi connectivity index (χ2n) is 4.68. The first kappa shape index (κ1) is 15.2. The smallest absolute Gasteiger partial charge is 0.279 e. The van der Waals surface area contributed by atoms with Crippen LogP contribution in [0.2, 0.25) is 0 Å². The zero-order chi connectivity index (χ0) is 15.6. The first-order valence-electron chi connectivity index (χ1n) is 6.56. The lowest BCUT2D eigenvalue weighted by Gasteiger charge is -2.05. The van der Waals surface area contributed by atoms with Crippen LogP contribution in [0.25, 0.3) is 0 Å². The Labute approximate surface area is 126 Å². The van der Waals surface area contributed by atoms with E-state index in [2.05, 4.69) is 16.0 Å². The standard InChI is InChI=1S/C14H17N3O3S/c1-5-10-7(2)6-11(21-10)13(18)15-16-14(19)12-8(3)17-20-9(12)4/h6H,5H2,1-4H3,(H,15,18)(H,16,19). The summed E-state index contributed by atoms with van der Waals surface area (Å²) in [6.07, 6.45) is 0.884. The van der Waals surface area contributed by atoms with Crippen LogP contribution in [0.15, 0.2) is 10.6 Å². The predicted octanol–water partition coefficient (Wildman–Crippen LogP) is 2.30. The van der Waals surface area contributed by atoms with E-state index in [0.717, 1.165) is 16.9 Å². The number of hydrogen-bond acceptors (Lipinski definition) is 5. The summed E-state index contributed by atoms with van der Waals surface area (Å²) < 4.78 is 4.92. The fourth-order valence-corrected chi connectivity index (χ4v) is 3.04. The molecule has 0 spiro atoms. The number of carbonyl (C=O) groups is 2. The third-order valence-corrected chi connectivity index (χ3v) is 4.50. The molecule has 2 aromatic heterocycles. The molecule has 0 aromatic carbocycles. The van der Waals surface area contributed by atoms with E-state index in [1.54, 1.807) is 13.8 Å². The first-order chi connectivity index (χ1) is 9.93. The Kier molecular flexibility index (Phi) is 4.42. The van der Waals surface area contributed by atoms with Crippen molar-refractivity contribution in [1.82, 2.24) is 16.0 Å². The second kappa shape index (κ2) is 6.09. The van der Waals surface area contributed by atoms with Crippen molar-refractivity contribution in [3.63, 3.8) is 0 Å². The van der Waals surface area contributed by atoms with Crippen LogP contribution in [-0.2, 0) is 6.42 Å². The number of hydrazine groups is 1. The SMILES string of the molecule is CCc1sc(C(=O)NNC(=O)c2c(C)noc2C)cc1C. The molecule has 0 unspecified atom stereocenters. The van der Waals surface area contributed by atoms with Crippen LogP contribution in [0, 0.1) is 20.8 Å². The molecule has 0 saturated carbocycles. The molecule has 0 bridgehead atoms. The Morgan fingerprint density at radius 1 is 1.24 bits per heavy atom. The summed E-state index contributed by atoms with van der Waals surface area (Å²) in [6.45, 7) is 7.32. The molecule has 7 heteroatoms. The van der Waals surface area contributed by atoms with E-state index in [0.29, 0.717) is 21.9 Å². The van der Waals surface area contributed by atoms with Gasteiger partial charge in [-0.05, 0) is 38.8 Å². The maximum Gasteiger partial charge on any atom is 0.279 e. The number of amides is 2. The second-order valence-corrected chi connectivity index (χ2v) is 5.81. The van der Waals surface area contributed by atoms with E-state index in [4.69, 9.17) is 4.52 Å². The largest absolute Gasteiger partial charge is 0.361 e. The zero-order valence-corrected chi connectivity index (χ0v) is 13.2. The highest BCUT2D eigenvalue weighted by Gasteiger charge is 2.18. The van der Waals surface area contributed by atoms with Gasteiger partial charge in [0.1, 0.15) is 11.3 Å². The number of hydrogen-bond donors (Lipinski definition) is 2. The van der Waals surface area contributed by atoms with Crippen LogP contribution in [0.3, 0.4) is 0 Å². The molecular weight excluding hydrogens is 290 g/mol. The molecule has 2 aromatic rings. The number of thiophene rings is 1. The van der Waals surface area contributed by atoms with Crippen molar-refractivity contribution in [3.05, 3.63) is 38.4 Å². The molecule has 2 N–H and O–H groups in total. The highest BCUT2D eigenvalue weighted by atomic mass is 32.1. The number of carbonyl (C=O) groups excluding carboxylic acids is 2. The molecule has 6 nitrogen and oxygen atoms in total. The lowest BCUT2D eigenvalue weighted by molar-refractivity contribution is 0.0847. The van der Waals surface area contributed by atoms with Crippen molar-refractivity contribution in [2.24, 2.45) is 0 Å². The topological polar surface area (TPSA) is 84.2 Å². The van der Waals surface area contributed by atoms with Gasteiger partial charge in [0.05, 0.1) is 10.6 Å². The molecule has 0 saturated heterocycles. The monoisotopic (exact) mass is 307 g/mol. The number of nitrogens with one attached hydrogen (secondary N) is 2. The first-order valence-corrected chi connectivity index (χ1v) is 7.38. The average molecular weight is 307 g/mol. The van der Waals surface area contributed by atoms with E-state index < -0.39 is 5.91 Å². The molecule has 112 valence electrons. The molecular formula is C14H17N3O3S. The number of rotatable bonds is 3. The molecule has 2 amide bonds. The van der Waals surface area contributed by atoms with Gasteiger partial charge in [0.2, 0.25) is 0 Å². The molecule has 0 aliphatic rings. The molecule has 0 aliphatic carbocycles. The Hall–Kier alpha value is -2.15. The van der Waals surface area contributed by atoms with Gasteiger partial charge in [0.15, 0.2) is 0 Å². The summed E-state index contributed by atoms with van der Waals surface area (Å²) in [5.74, 6) is -0.356. The third-order valence-electron chi connectivity index (χ3n) is 3.12. The predicted molar refractivity (Wildman–Crippen MR) is 79.3 cm³/mol. The van der Waals surface area contributed by atoms with Gasteiger partial charge in [-0.15, -0.1) is 11.3 Å². The van der Waals surface area contributed by atoms with Crippen LogP contribution < -0.4 is 10.9 Å². The van der Waals surface area contributed by atoms with Gasteiger partial charge in [0, 0.05) is 4.88 Å². The van der Waals surface area contributed by atoms with Crippen molar-refractivity contribution < 1.29 is 14.1 Å². The average Bonchev–Trinajstić information content (AvgIpc) is 2.98. The van der Waals surface area contributed by atoms with Gasteiger partial charge in [-0.1, -0.05) is 12.1 Å². The highest BCUT2D eigenvalue weighted by Crippen LogP contribution is 2.22. The molecule has 0 aliphatic heterocycles. The van der Waals surface area contributed by atoms with Gasteiger partial charge >= 0.3 is 0 Å². The maximum absolute atomic E-state index is 12.0. The third kappa shape index (κ3) is 3.13. The summed E-state index contributed by atoms with van der Waals surface area (Å²) >= 11 is 1.43. The van der Waals surface area contributed by atoms with E-state index in [1.807, 2.05) is 19.9 Å². The Morgan fingerprint density at radius 3 is 2.43 bits per heavy atom. The minimum absolute atomic E-state index is 0.331. The molecule has 2 rings (SSSR count). The van der Waals surface area contributed by atoms with Gasteiger partial charge in [-0.2, -0.15) is 0 Å². The van der Waals surface area contributed by atoms with Crippen molar-refractivity contribution in [2.75, 3.05) is 0 Å². The number of aryl methyl sites for hydroxylation is 4. The normalized spacial score (nSPS) is 10.5. The lowest BCUT2D eigenvalue weighted by atomic mass is 10.2.